The molecule has 7 heteroatoms. The maximum atomic E-state index is 12.9. The summed E-state index contributed by atoms with van der Waals surface area (Å²) in [6, 6.07) is 6.74. The maximum absolute atomic E-state index is 12.9. The first kappa shape index (κ1) is 12.1. The number of nitrogens with one attached hydrogen (secondary N) is 1. The summed E-state index contributed by atoms with van der Waals surface area (Å²) in [5.41, 5.74) is 0.465. The molecular formula is C13H8FN3O3. The van der Waals surface area contributed by atoms with Crippen molar-refractivity contribution >= 4 is 11.5 Å². The van der Waals surface area contributed by atoms with Gasteiger partial charge in [0.2, 0.25) is 0 Å². The third-order valence-corrected chi connectivity index (χ3v) is 2.84. The Morgan fingerprint density at radius 3 is 2.65 bits per heavy atom. The molecule has 3 rings (SSSR count). The maximum Gasteiger partial charge on any atom is 0.356 e. The number of fused-ring (bicyclic) bond motifs is 1. The molecule has 0 atom stereocenters. The van der Waals surface area contributed by atoms with E-state index < -0.39 is 11.5 Å². The van der Waals surface area contributed by atoms with E-state index in [2.05, 4.69) is 10.1 Å². The minimum atomic E-state index is -1.21. The highest BCUT2D eigenvalue weighted by molar-refractivity contribution is 5.87. The number of aromatic nitrogens is 3. The molecule has 2 heterocycles. The van der Waals surface area contributed by atoms with Crippen LogP contribution in [0.5, 0.6) is 0 Å². The standard InChI is InChI=1S/C13H8FN3O3/c14-8-3-1-7(2-4-8)10-6-17-11(12(18)15-10)5-9(16-17)13(19)20/h1-6H,(H,15,18)(H,19,20). The van der Waals surface area contributed by atoms with Crippen LogP contribution in [0.3, 0.4) is 0 Å². The van der Waals surface area contributed by atoms with Crippen molar-refractivity contribution in [3.05, 3.63) is 58.4 Å². The number of hydrogen-bond donors (Lipinski definition) is 2. The van der Waals surface area contributed by atoms with Crippen LogP contribution in [-0.2, 0) is 0 Å². The molecule has 2 N–H and O–H groups in total. The third kappa shape index (κ3) is 1.95. The van der Waals surface area contributed by atoms with Crippen LogP contribution < -0.4 is 5.56 Å². The highest BCUT2D eigenvalue weighted by Crippen LogP contribution is 2.16. The molecule has 0 fully saturated rings. The fourth-order valence-electron chi connectivity index (χ4n) is 1.88. The smallest absolute Gasteiger partial charge is 0.356 e. The van der Waals surface area contributed by atoms with Gasteiger partial charge in [-0.1, -0.05) is 0 Å². The van der Waals surface area contributed by atoms with Crippen LogP contribution in [0.1, 0.15) is 10.5 Å². The second-order valence-corrected chi connectivity index (χ2v) is 4.17. The number of halogens is 1. The normalized spacial score (nSPS) is 10.8. The Labute approximate surface area is 111 Å². The Morgan fingerprint density at radius 1 is 1.30 bits per heavy atom. The van der Waals surface area contributed by atoms with Gasteiger partial charge in [-0.25, -0.2) is 13.7 Å². The number of benzene rings is 1. The summed E-state index contributed by atoms with van der Waals surface area (Å²) in [6.45, 7) is 0. The van der Waals surface area contributed by atoms with Crippen molar-refractivity contribution in [1.82, 2.24) is 14.6 Å². The molecular weight excluding hydrogens is 265 g/mol. The summed E-state index contributed by atoms with van der Waals surface area (Å²) < 4.78 is 14.1. The van der Waals surface area contributed by atoms with Crippen molar-refractivity contribution in [2.75, 3.05) is 0 Å². The van der Waals surface area contributed by atoms with E-state index in [9.17, 15) is 14.0 Å². The van der Waals surface area contributed by atoms with Crippen LogP contribution in [0.15, 0.2) is 41.3 Å². The third-order valence-electron chi connectivity index (χ3n) is 2.84. The number of aromatic carboxylic acids is 1. The van der Waals surface area contributed by atoms with E-state index in [0.29, 0.717) is 11.3 Å². The van der Waals surface area contributed by atoms with Crippen molar-refractivity contribution in [3.63, 3.8) is 0 Å². The van der Waals surface area contributed by atoms with E-state index in [1.165, 1.54) is 41.0 Å². The zero-order valence-electron chi connectivity index (χ0n) is 10.0. The van der Waals surface area contributed by atoms with Crippen molar-refractivity contribution in [2.45, 2.75) is 0 Å². The number of carbonyl (C=O) groups is 1. The minimum absolute atomic E-state index is 0.133. The van der Waals surface area contributed by atoms with Gasteiger partial charge in [-0.15, -0.1) is 0 Å². The first-order chi connectivity index (χ1) is 9.54. The van der Waals surface area contributed by atoms with Gasteiger partial charge in [0.05, 0.1) is 11.9 Å². The van der Waals surface area contributed by atoms with Crippen LogP contribution in [-0.4, -0.2) is 25.7 Å². The largest absolute Gasteiger partial charge is 0.476 e. The quantitative estimate of drug-likeness (QED) is 0.741. The molecule has 0 aliphatic rings. The van der Waals surface area contributed by atoms with Gasteiger partial charge in [0.25, 0.3) is 5.56 Å². The topological polar surface area (TPSA) is 87.5 Å². The van der Waals surface area contributed by atoms with E-state index in [1.807, 2.05) is 0 Å². The zero-order valence-corrected chi connectivity index (χ0v) is 10.0. The summed E-state index contributed by atoms with van der Waals surface area (Å²) in [4.78, 5) is 25.3. The van der Waals surface area contributed by atoms with E-state index in [0.717, 1.165) is 0 Å². The number of rotatable bonds is 2. The first-order valence-corrected chi connectivity index (χ1v) is 5.66. The number of H-pyrrole nitrogens is 1. The molecule has 0 radical (unpaired) electrons. The molecule has 20 heavy (non-hydrogen) atoms. The Hall–Kier alpha value is -2.96. The molecule has 0 unspecified atom stereocenters. The predicted octanol–water partition coefficient (Wildman–Crippen LogP) is 1.53. The molecule has 0 bridgehead atoms. The second-order valence-electron chi connectivity index (χ2n) is 4.17. The predicted molar refractivity (Wildman–Crippen MR) is 68.2 cm³/mol. The molecule has 0 saturated carbocycles. The van der Waals surface area contributed by atoms with Gasteiger partial charge in [-0.05, 0) is 29.8 Å². The summed E-state index contributed by atoms with van der Waals surface area (Å²) in [5, 5.41) is 12.7. The van der Waals surface area contributed by atoms with Gasteiger partial charge in [0.1, 0.15) is 11.3 Å². The van der Waals surface area contributed by atoms with Crippen molar-refractivity contribution < 1.29 is 14.3 Å². The Balaban J connectivity index is 2.21. The lowest BCUT2D eigenvalue weighted by molar-refractivity contribution is 0.0690. The van der Waals surface area contributed by atoms with Crippen LogP contribution in [0.4, 0.5) is 4.39 Å². The Morgan fingerprint density at radius 2 is 2.00 bits per heavy atom. The highest BCUT2D eigenvalue weighted by atomic mass is 19.1. The van der Waals surface area contributed by atoms with Crippen molar-refractivity contribution in [1.29, 1.82) is 0 Å². The average Bonchev–Trinajstić information content (AvgIpc) is 2.84. The molecule has 2 aromatic heterocycles. The lowest BCUT2D eigenvalue weighted by Crippen LogP contribution is -2.10. The molecule has 0 aliphatic carbocycles. The van der Waals surface area contributed by atoms with Gasteiger partial charge in [0.15, 0.2) is 5.69 Å². The highest BCUT2D eigenvalue weighted by Gasteiger charge is 2.12. The summed E-state index contributed by atoms with van der Waals surface area (Å²) in [5.74, 6) is -1.60. The molecule has 100 valence electrons. The number of aromatic amines is 1. The summed E-state index contributed by atoms with van der Waals surface area (Å²) >= 11 is 0. The monoisotopic (exact) mass is 273 g/mol. The van der Waals surface area contributed by atoms with Crippen LogP contribution in [0.25, 0.3) is 16.8 Å². The fourth-order valence-corrected chi connectivity index (χ4v) is 1.88. The van der Waals surface area contributed by atoms with Crippen molar-refractivity contribution in [2.24, 2.45) is 0 Å². The summed E-state index contributed by atoms with van der Waals surface area (Å²) in [6.07, 6.45) is 1.48. The van der Waals surface area contributed by atoms with E-state index >= 15 is 0 Å². The molecule has 0 aliphatic heterocycles. The number of hydrogen-bond acceptors (Lipinski definition) is 3. The van der Waals surface area contributed by atoms with E-state index in [1.54, 1.807) is 0 Å². The van der Waals surface area contributed by atoms with Gasteiger partial charge in [-0.3, -0.25) is 4.79 Å². The van der Waals surface area contributed by atoms with Crippen molar-refractivity contribution in [3.8, 4) is 11.3 Å². The van der Waals surface area contributed by atoms with Gasteiger partial charge >= 0.3 is 5.97 Å². The van der Waals surface area contributed by atoms with Gasteiger partial charge < -0.3 is 10.1 Å². The van der Waals surface area contributed by atoms with Gasteiger partial charge in [0, 0.05) is 6.07 Å². The van der Waals surface area contributed by atoms with Crippen LogP contribution >= 0.6 is 0 Å². The second kappa shape index (κ2) is 4.30. The van der Waals surface area contributed by atoms with Crippen LogP contribution in [0, 0.1) is 5.82 Å². The molecule has 0 amide bonds. The van der Waals surface area contributed by atoms with Crippen LogP contribution in [0.2, 0.25) is 0 Å². The van der Waals surface area contributed by atoms with Gasteiger partial charge in [-0.2, -0.15) is 5.10 Å². The minimum Gasteiger partial charge on any atom is -0.476 e. The fraction of sp³-hybridized carbons (Fsp3) is 0. The molecule has 3 aromatic rings. The lowest BCUT2D eigenvalue weighted by Gasteiger charge is -2.02. The van der Waals surface area contributed by atoms with E-state index in [4.69, 9.17) is 5.11 Å². The molecule has 0 saturated heterocycles. The first-order valence-electron chi connectivity index (χ1n) is 5.66. The Bertz CT molecular complexity index is 865. The Kier molecular flexibility index (Phi) is 2.60. The summed E-state index contributed by atoms with van der Waals surface area (Å²) in [7, 11) is 0. The van der Waals surface area contributed by atoms with E-state index in [-0.39, 0.29) is 17.0 Å². The SMILES string of the molecule is O=C(O)c1cc2c(=O)[nH]c(-c3ccc(F)cc3)cn2n1. The zero-order chi connectivity index (χ0) is 14.3. The lowest BCUT2D eigenvalue weighted by atomic mass is 10.1. The number of nitrogens with zero attached hydrogens (tertiary/aromatic N) is 2. The number of carboxylic acid groups (broad SMARTS) is 1. The molecule has 1 aromatic carbocycles. The molecule has 0 spiro atoms. The average molecular weight is 273 g/mol. The molecule has 6 nitrogen and oxygen atoms in total. The number of carboxylic acids is 1.